The second-order valence-corrected chi connectivity index (χ2v) is 3.71. The van der Waals surface area contributed by atoms with Gasteiger partial charge >= 0.3 is 6.98 Å². The van der Waals surface area contributed by atoms with Gasteiger partial charge in [-0.25, -0.2) is 0 Å². The molecular formula is C6H9BF3S-. The van der Waals surface area contributed by atoms with E-state index in [9.17, 15) is 12.9 Å². The van der Waals surface area contributed by atoms with Gasteiger partial charge in [0.05, 0.1) is 0 Å². The van der Waals surface area contributed by atoms with E-state index >= 15 is 0 Å². The summed E-state index contributed by atoms with van der Waals surface area (Å²) in [6.45, 7) is -4.70. The van der Waals surface area contributed by atoms with Crippen LogP contribution in [-0.4, -0.2) is 18.5 Å². The van der Waals surface area contributed by atoms with Gasteiger partial charge in [-0.3, -0.25) is 0 Å². The minimum atomic E-state index is -4.70. The van der Waals surface area contributed by atoms with Crippen LogP contribution in [0.25, 0.3) is 0 Å². The zero-order valence-corrected chi connectivity index (χ0v) is 6.84. The van der Waals surface area contributed by atoms with Crippen LogP contribution in [-0.2, 0) is 0 Å². The van der Waals surface area contributed by atoms with Crippen molar-refractivity contribution >= 4 is 18.7 Å². The number of thioether (sulfide) groups is 1. The maximum Gasteiger partial charge on any atom is 0.502 e. The van der Waals surface area contributed by atoms with Crippen molar-refractivity contribution in [3.63, 3.8) is 0 Å². The molecule has 1 saturated heterocycles. The largest absolute Gasteiger partial charge is 0.502 e. The van der Waals surface area contributed by atoms with Crippen molar-refractivity contribution in [3.05, 3.63) is 11.5 Å². The summed E-state index contributed by atoms with van der Waals surface area (Å²) in [5, 5.41) is 0. The van der Waals surface area contributed by atoms with Crippen LogP contribution in [0, 0.1) is 0 Å². The Morgan fingerprint density at radius 1 is 1.36 bits per heavy atom. The minimum absolute atomic E-state index is 0.506. The number of halogens is 3. The summed E-state index contributed by atoms with van der Waals surface area (Å²) in [6.07, 6.45) is 1.52. The molecule has 1 aliphatic rings. The Kier molecular flexibility index (Phi) is 2.93. The lowest BCUT2D eigenvalue weighted by Crippen LogP contribution is -2.13. The first kappa shape index (κ1) is 9.04. The first-order chi connectivity index (χ1) is 5.08. The fourth-order valence-corrected chi connectivity index (χ4v) is 2.07. The molecule has 0 atom stereocenters. The third kappa shape index (κ3) is 3.75. The van der Waals surface area contributed by atoms with Gasteiger partial charge in [0.2, 0.25) is 0 Å². The highest BCUT2D eigenvalue weighted by molar-refractivity contribution is 7.99. The first-order valence-electron chi connectivity index (χ1n) is 3.56. The van der Waals surface area contributed by atoms with Crippen molar-refractivity contribution in [2.24, 2.45) is 0 Å². The van der Waals surface area contributed by atoms with E-state index in [4.69, 9.17) is 0 Å². The van der Waals surface area contributed by atoms with Crippen LogP contribution in [0.2, 0.25) is 0 Å². The molecule has 0 radical (unpaired) electrons. The van der Waals surface area contributed by atoms with Gasteiger partial charge in [0, 0.05) is 5.75 Å². The first-order valence-corrected chi connectivity index (χ1v) is 4.72. The van der Waals surface area contributed by atoms with Gasteiger partial charge in [0.15, 0.2) is 0 Å². The van der Waals surface area contributed by atoms with Crippen molar-refractivity contribution < 1.29 is 12.9 Å². The molecule has 0 saturated carbocycles. The lowest BCUT2D eigenvalue weighted by Gasteiger charge is -2.17. The molecule has 0 bridgehead atoms. The highest BCUT2D eigenvalue weighted by Gasteiger charge is 2.20. The molecule has 1 rings (SSSR count). The second kappa shape index (κ2) is 3.56. The summed E-state index contributed by atoms with van der Waals surface area (Å²) >= 11 is 1.59. The molecule has 64 valence electrons. The fourth-order valence-electron chi connectivity index (χ4n) is 1.08. The average molecular weight is 181 g/mol. The van der Waals surface area contributed by atoms with E-state index in [1.54, 1.807) is 11.8 Å². The van der Waals surface area contributed by atoms with Crippen molar-refractivity contribution in [3.8, 4) is 0 Å². The lowest BCUT2D eigenvalue weighted by molar-refractivity contribution is 0.497. The summed E-state index contributed by atoms with van der Waals surface area (Å²) in [5.41, 5.74) is 0.564. The molecule has 0 amide bonds. The summed E-state index contributed by atoms with van der Waals surface area (Å²) in [5.74, 6) is 2.08. The van der Waals surface area contributed by atoms with Crippen LogP contribution in [0.3, 0.4) is 0 Å². The molecule has 1 aliphatic heterocycles. The standard InChI is InChI=1S/C6H9BF3S/c8-7(9,10)4-6-2-1-3-11-5-6/h4H,1-3,5H2/q-1/b6-4-. The third-order valence-corrected chi connectivity index (χ3v) is 2.65. The van der Waals surface area contributed by atoms with Gasteiger partial charge < -0.3 is 12.9 Å². The van der Waals surface area contributed by atoms with Gasteiger partial charge in [-0.2, -0.15) is 11.8 Å². The van der Waals surface area contributed by atoms with Crippen LogP contribution in [0.15, 0.2) is 11.5 Å². The third-order valence-electron chi connectivity index (χ3n) is 1.50. The van der Waals surface area contributed by atoms with Gasteiger partial charge in [-0.15, -0.1) is 5.98 Å². The zero-order valence-electron chi connectivity index (χ0n) is 6.03. The molecule has 0 unspecified atom stereocenters. The maximum absolute atomic E-state index is 11.8. The van der Waals surface area contributed by atoms with Crippen LogP contribution >= 0.6 is 11.8 Å². The van der Waals surface area contributed by atoms with E-state index in [1.807, 2.05) is 0 Å². The average Bonchev–Trinajstić information content (AvgIpc) is 1.85. The predicted molar refractivity (Wildman–Crippen MR) is 43.7 cm³/mol. The Morgan fingerprint density at radius 3 is 2.55 bits per heavy atom. The topological polar surface area (TPSA) is 0 Å². The number of hydrogen-bond donors (Lipinski definition) is 0. The summed E-state index contributed by atoms with van der Waals surface area (Å²) < 4.78 is 35.5. The molecular weight excluding hydrogens is 172 g/mol. The monoisotopic (exact) mass is 181 g/mol. The molecule has 0 N–H and O–H groups in total. The summed E-state index contributed by atoms with van der Waals surface area (Å²) in [6, 6.07) is 0. The molecule has 0 aromatic heterocycles. The smallest absolute Gasteiger partial charge is 0.445 e. The Labute approximate surface area is 68.3 Å². The fraction of sp³-hybridized carbons (Fsp3) is 0.667. The van der Waals surface area contributed by atoms with Gasteiger partial charge in [-0.1, -0.05) is 5.57 Å². The highest BCUT2D eigenvalue weighted by atomic mass is 32.2. The Balaban J connectivity index is 2.50. The van der Waals surface area contributed by atoms with Crippen LogP contribution in [0.4, 0.5) is 12.9 Å². The lowest BCUT2D eigenvalue weighted by atomic mass is 9.87. The molecule has 11 heavy (non-hydrogen) atoms. The molecule has 0 aromatic rings. The van der Waals surface area contributed by atoms with Crippen molar-refractivity contribution in [2.45, 2.75) is 12.8 Å². The second-order valence-electron chi connectivity index (χ2n) is 2.61. The van der Waals surface area contributed by atoms with E-state index in [2.05, 4.69) is 0 Å². The molecule has 5 heteroatoms. The SMILES string of the molecule is F[B-](F)(F)/C=C1/CCCSC1. The predicted octanol–water partition coefficient (Wildman–Crippen LogP) is 2.83. The van der Waals surface area contributed by atoms with Crippen LogP contribution in [0.1, 0.15) is 12.8 Å². The van der Waals surface area contributed by atoms with E-state index in [0.29, 0.717) is 23.7 Å². The van der Waals surface area contributed by atoms with Crippen LogP contribution < -0.4 is 0 Å². The van der Waals surface area contributed by atoms with Crippen LogP contribution in [0.5, 0.6) is 0 Å². The van der Waals surface area contributed by atoms with Gasteiger partial charge in [0.1, 0.15) is 0 Å². The van der Waals surface area contributed by atoms with Gasteiger partial charge in [-0.05, 0) is 18.6 Å². The molecule has 0 aliphatic carbocycles. The molecule has 1 heterocycles. The maximum atomic E-state index is 11.8. The Hall–Kier alpha value is -0.0551. The normalized spacial score (nSPS) is 24.1. The van der Waals surface area contributed by atoms with E-state index < -0.39 is 6.98 Å². The summed E-state index contributed by atoms with van der Waals surface area (Å²) in [7, 11) is 0. The Morgan fingerprint density at radius 2 is 2.09 bits per heavy atom. The quantitative estimate of drug-likeness (QED) is 0.560. The summed E-state index contributed by atoms with van der Waals surface area (Å²) in [4.78, 5) is 0. The molecule has 1 fully saturated rings. The molecule has 0 aromatic carbocycles. The van der Waals surface area contributed by atoms with E-state index in [-0.39, 0.29) is 0 Å². The number of hydrogen-bond acceptors (Lipinski definition) is 1. The van der Waals surface area contributed by atoms with Crippen molar-refractivity contribution in [1.82, 2.24) is 0 Å². The molecule has 0 spiro atoms. The highest BCUT2D eigenvalue weighted by Crippen LogP contribution is 2.24. The number of rotatable bonds is 1. The van der Waals surface area contributed by atoms with Crippen molar-refractivity contribution in [1.29, 1.82) is 0 Å². The van der Waals surface area contributed by atoms with Gasteiger partial charge in [0.25, 0.3) is 0 Å². The molecule has 0 nitrogen and oxygen atoms in total. The van der Waals surface area contributed by atoms with Crippen molar-refractivity contribution in [2.75, 3.05) is 11.5 Å². The minimum Gasteiger partial charge on any atom is -0.445 e. The van der Waals surface area contributed by atoms with E-state index in [0.717, 1.165) is 12.2 Å². The zero-order chi connectivity index (χ0) is 8.32. The Bertz CT molecular complexity index is 156. The van der Waals surface area contributed by atoms with E-state index in [1.165, 1.54) is 0 Å².